The predicted octanol–water partition coefficient (Wildman–Crippen LogP) is 12.5. The average Bonchev–Trinajstić information content (AvgIpc) is 2.84. The quantitative estimate of drug-likeness (QED) is 0.117. The molecule has 0 spiro atoms. The van der Waals surface area contributed by atoms with Crippen molar-refractivity contribution in [2.45, 2.75) is 50.4 Å². The van der Waals surface area contributed by atoms with Gasteiger partial charge in [0.15, 0.2) is 14.7 Å². The van der Waals surface area contributed by atoms with Crippen LogP contribution < -0.4 is 0 Å². The van der Waals surface area contributed by atoms with Gasteiger partial charge in [-0.25, -0.2) is 0 Å². The Morgan fingerprint density at radius 2 is 0.950 bits per heavy atom. The minimum absolute atomic E-state index is 0.418. The molecule has 0 N–H and O–H groups in total. The monoisotopic (exact) mass is 626 g/mol. The Balaban J connectivity index is 0.000000559. The van der Waals surface area contributed by atoms with Crippen molar-refractivity contribution in [3.8, 4) is 0 Å². The van der Waals surface area contributed by atoms with E-state index in [-0.39, 0.29) is 0 Å². The second kappa shape index (κ2) is 11.3. The van der Waals surface area contributed by atoms with E-state index < -0.39 is 30.4 Å². The summed E-state index contributed by atoms with van der Waals surface area (Å²) in [5.74, 6) is 0.418. The predicted molar refractivity (Wildman–Crippen MR) is 145 cm³/mol. The molecule has 4 aromatic rings. The van der Waals surface area contributed by atoms with E-state index in [1.54, 1.807) is 23.9 Å². The van der Waals surface area contributed by atoms with Gasteiger partial charge in [0.2, 0.25) is 0 Å². The van der Waals surface area contributed by atoms with Gasteiger partial charge < -0.3 is 0 Å². The molecule has 1 atom stereocenters. The molecule has 0 radical (unpaired) electrons. The van der Waals surface area contributed by atoms with Crippen LogP contribution in [0.3, 0.4) is 0 Å². The van der Waals surface area contributed by atoms with Crippen LogP contribution in [0.2, 0.25) is 0 Å². The van der Waals surface area contributed by atoms with Gasteiger partial charge in [0.05, 0.1) is 16.5 Å². The van der Waals surface area contributed by atoms with Gasteiger partial charge >= 0.3 is 39.2 Å². The molecule has 0 aliphatic rings. The van der Waals surface area contributed by atoms with Gasteiger partial charge in [0, 0.05) is 9.79 Å². The van der Waals surface area contributed by atoms with Gasteiger partial charge in [-0.05, 0) is 84.3 Å². The molecule has 0 aliphatic heterocycles. The van der Waals surface area contributed by atoms with E-state index >= 15 is 0 Å². The fourth-order valence-corrected chi connectivity index (χ4v) is 6.32. The molecule has 4 rings (SSSR count). The molecule has 0 aromatic heterocycles. The molecular weight excluding hydrogens is 602 g/mol. The standard InChI is InChI=1S/C28H24F3S2.F6P/c1-20(2)21-8-14-25(15-9-21)33(26-16-10-22(11-17-26)28(29,30)31)27-18-12-24(13-19-27)32-23-6-4-3-5-7-23;1-7(2,3,4,5)6/h3-20H,1-2H3;/q+1;-1. The van der Waals surface area contributed by atoms with E-state index in [1.807, 2.05) is 18.2 Å². The van der Waals surface area contributed by atoms with Crippen molar-refractivity contribution in [1.82, 2.24) is 0 Å². The molecule has 4 aromatic carbocycles. The number of halogens is 9. The van der Waals surface area contributed by atoms with Crippen molar-refractivity contribution in [3.05, 3.63) is 114 Å². The summed E-state index contributed by atoms with van der Waals surface area (Å²) in [6.07, 6.45) is -4.34. The number of rotatable bonds is 6. The Bertz CT molecular complexity index is 1370. The fourth-order valence-electron chi connectivity index (χ4n) is 3.45. The average molecular weight is 627 g/mol. The zero-order valence-electron chi connectivity index (χ0n) is 21.1. The van der Waals surface area contributed by atoms with Crippen LogP contribution in [0, 0.1) is 0 Å². The van der Waals surface area contributed by atoms with Gasteiger partial charge in [0.1, 0.15) is 0 Å². The fraction of sp³-hybridized carbons (Fsp3) is 0.143. The number of alkyl halides is 3. The molecule has 12 heteroatoms. The van der Waals surface area contributed by atoms with E-state index in [0.717, 1.165) is 24.5 Å². The molecule has 0 nitrogen and oxygen atoms in total. The van der Waals surface area contributed by atoms with E-state index in [4.69, 9.17) is 0 Å². The number of hydrogen-bond donors (Lipinski definition) is 0. The van der Waals surface area contributed by atoms with E-state index in [9.17, 15) is 38.4 Å². The number of benzene rings is 4. The van der Waals surface area contributed by atoms with Crippen LogP contribution in [-0.4, -0.2) is 0 Å². The Labute approximate surface area is 233 Å². The summed E-state index contributed by atoms with van der Waals surface area (Å²) in [5.41, 5.74) is 0.615. The van der Waals surface area contributed by atoms with Crippen molar-refractivity contribution in [3.63, 3.8) is 0 Å². The van der Waals surface area contributed by atoms with Crippen molar-refractivity contribution < 1.29 is 38.4 Å². The van der Waals surface area contributed by atoms with Gasteiger partial charge in [-0.3, -0.25) is 0 Å². The Hall–Kier alpha value is -2.62. The van der Waals surface area contributed by atoms with Crippen LogP contribution in [0.15, 0.2) is 128 Å². The molecule has 0 heterocycles. The second-order valence-electron chi connectivity index (χ2n) is 8.90. The summed E-state index contributed by atoms with van der Waals surface area (Å²) < 4.78 is 98.5. The summed E-state index contributed by atoms with van der Waals surface area (Å²) in [4.78, 5) is 5.31. The van der Waals surface area contributed by atoms with E-state index in [0.29, 0.717) is 5.92 Å². The normalized spacial score (nSPS) is 14.5. The van der Waals surface area contributed by atoms with Crippen LogP contribution in [0.5, 0.6) is 0 Å². The SMILES string of the molecule is CC(C)c1ccc([S+](c2ccc(Sc3ccccc3)cc2)c2ccc(C(F)(F)F)cc2)cc1.F[P-](F)(F)(F)(F)F. The van der Waals surface area contributed by atoms with Crippen molar-refractivity contribution >= 4 is 30.5 Å². The minimum atomic E-state index is -10.7. The summed E-state index contributed by atoms with van der Waals surface area (Å²) in [6.45, 7) is 4.29. The maximum absolute atomic E-state index is 13.1. The summed E-state index contributed by atoms with van der Waals surface area (Å²) >= 11 is 1.69. The van der Waals surface area contributed by atoms with Crippen molar-refractivity contribution in [2.24, 2.45) is 0 Å². The molecule has 0 saturated carbocycles. The first-order chi connectivity index (χ1) is 18.3. The van der Waals surface area contributed by atoms with Crippen molar-refractivity contribution in [2.75, 3.05) is 0 Å². The molecule has 0 fully saturated rings. The number of hydrogen-bond acceptors (Lipinski definition) is 1. The van der Waals surface area contributed by atoms with Crippen LogP contribution >= 0.6 is 19.6 Å². The zero-order valence-corrected chi connectivity index (χ0v) is 23.6. The first-order valence-electron chi connectivity index (χ1n) is 11.7. The summed E-state index contributed by atoms with van der Waals surface area (Å²) in [5, 5.41) is 0. The van der Waals surface area contributed by atoms with E-state index in [1.165, 1.54) is 17.7 Å². The maximum atomic E-state index is 13.1. The third-order valence-electron chi connectivity index (χ3n) is 5.24. The molecule has 40 heavy (non-hydrogen) atoms. The topological polar surface area (TPSA) is 0 Å². The summed E-state index contributed by atoms with van der Waals surface area (Å²) in [6, 6.07) is 32.5. The Kier molecular flexibility index (Phi) is 9.04. The molecular formula is C28H24F9PS2. The molecule has 0 bridgehead atoms. The molecule has 1 unspecified atom stereocenters. The van der Waals surface area contributed by atoms with Crippen LogP contribution in [0.4, 0.5) is 38.4 Å². The Morgan fingerprint density at radius 3 is 1.35 bits per heavy atom. The van der Waals surface area contributed by atoms with Crippen LogP contribution in [0.25, 0.3) is 0 Å². The molecule has 216 valence electrons. The third kappa shape index (κ3) is 11.1. The molecule has 0 aliphatic carbocycles. The van der Waals surface area contributed by atoms with Gasteiger partial charge in [-0.15, -0.1) is 0 Å². The first-order valence-corrected chi connectivity index (χ1v) is 15.7. The second-order valence-corrected chi connectivity index (χ2v) is 14.0. The molecule has 0 amide bonds. The zero-order chi connectivity index (χ0) is 29.8. The van der Waals surface area contributed by atoms with Crippen molar-refractivity contribution in [1.29, 1.82) is 0 Å². The first kappa shape index (κ1) is 31.9. The van der Waals surface area contributed by atoms with Crippen LogP contribution in [-0.2, 0) is 17.1 Å². The van der Waals surface area contributed by atoms with Gasteiger partial charge in [0.25, 0.3) is 0 Å². The third-order valence-corrected chi connectivity index (χ3v) is 8.48. The summed E-state index contributed by atoms with van der Waals surface area (Å²) in [7, 11) is -11.2. The van der Waals surface area contributed by atoms with E-state index in [2.05, 4.69) is 74.5 Å². The molecule has 0 saturated heterocycles. The van der Waals surface area contributed by atoms with Crippen LogP contribution in [0.1, 0.15) is 30.9 Å². The van der Waals surface area contributed by atoms with Gasteiger partial charge in [-0.2, -0.15) is 13.2 Å². The Morgan fingerprint density at radius 1 is 0.575 bits per heavy atom. The van der Waals surface area contributed by atoms with Gasteiger partial charge in [-0.1, -0.05) is 55.9 Å².